The van der Waals surface area contributed by atoms with Crippen LogP contribution < -0.4 is 9.64 Å². The van der Waals surface area contributed by atoms with Crippen LogP contribution in [0.1, 0.15) is 28.9 Å². The Kier molecular flexibility index (Phi) is 4.24. The number of amides is 1. The average Bonchev–Trinajstić information content (AvgIpc) is 2.82. The molecule has 0 aliphatic carbocycles. The minimum absolute atomic E-state index is 0.0916. The van der Waals surface area contributed by atoms with Crippen LogP contribution in [0.25, 0.3) is 0 Å². The highest BCUT2D eigenvalue weighted by molar-refractivity contribution is 6.07. The number of nitro benzene ring substituents is 1. The lowest BCUT2D eigenvalue weighted by Crippen LogP contribution is -2.31. The van der Waals surface area contributed by atoms with Crippen molar-refractivity contribution in [1.82, 2.24) is 4.57 Å². The highest BCUT2D eigenvalue weighted by Crippen LogP contribution is 2.31. The summed E-state index contributed by atoms with van der Waals surface area (Å²) in [6.07, 6.45) is 4.83. The number of aryl methyl sites for hydroxylation is 1. The van der Waals surface area contributed by atoms with Gasteiger partial charge in [0.25, 0.3) is 5.91 Å². The number of carbonyl (C=O) groups is 1. The van der Waals surface area contributed by atoms with Gasteiger partial charge in [-0.05, 0) is 31.4 Å². The van der Waals surface area contributed by atoms with Gasteiger partial charge in [-0.2, -0.15) is 0 Å². The Labute approximate surface area is 139 Å². The van der Waals surface area contributed by atoms with Crippen LogP contribution in [-0.2, 0) is 13.5 Å². The van der Waals surface area contributed by atoms with Crippen molar-refractivity contribution in [1.29, 1.82) is 0 Å². The number of rotatable bonds is 3. The fourth-order valence-corrected chi connectivity index (χ4v) is 3.11. The number of hydrogen-bond acceptors (Lipinski definition) is 4. The van der Waals surface area contributed by atoms with Crippen molar-refractivity contribution in [2.45, 2.75) is 19.3 Å². The second-order valence-corrected chi connectivity index (χ2v) is 5.82. The smallest absolute Gasteiger partial charge is 0.310 e. The lowest BCUT2D eigenvalue weighted by molar-refractivity contribution is -0.385. The van der Waals surface area contributed by atoms with Gasteiger partial charge < -0.3 is 14.2 Å². The number of methoxy groups -OCH3 is 1. The Bertz CT molecular complexity index is 797. The molecule has 1 aliphatic heterocycles. The highest BCUT2D eigenvalue weighted by atomic mass is 16.6. The number of ether oxygens (including phenoxy) is 1. The number of anilines is 1. The van der Waals surface area contributed by atoms with Crippen molar-refractivity contribution in [2.75, 3.05) is 18.6 Å². The first kappa shape index (κ1) is 16.0. The SMILES string of the molecule is COc1cc(C(=O)N2CCCCc3c2ccn3C)ccc1[N+](=O)[O-]. The molecule has 1 aromatic heterocycles. The van der Waals surface area contributed by atoms with E-state index in [9.17, 15) is 14.9 Å². The molecule has 1 aromatic carbocycles. The number of aromatic nitrogens is 1. The van der Waals surface area contributed by atoms with E-state index in [1.54, 1.807) is 4.90 Å². The molecule has 7 nitrogen and oxygen atoms in total. The first-order valence-corrected chi connectivity index (χ1v) is 7.81. The number of hydrogen-bond donors (Lipinski definition) is 0. The lowest BCUT2D eigenvalue weighted by Gasteiger charge is -2.21. The summed E-state index contributed by atoms with van der Waals surface area (Å²) >= 11 is 0. The van der Waals surface area contributed by atoms with Crippen molar-refractivity contribution in [3.05, 3.63) is 51.8 Å². The maximum absolute atomic E-state index is 13.0. The van der Waals surface area contributed by atoms with Gasteiger partial charge in [-0.15, -0.1) is 0 Å². The van der Waals surface area contributed by atoms with E-state index in [0.717, 1.165) is 30.6 Å². The summed E-state index contributed by atoms with van der Waals surface area (Å²) in [6, 6.07) is 6.18. The summed E-state index contributed by atoms with van der Waals surface area (Å²) < 4.78 is 7.11. The zero-order valence-electron chi connectivity index (χ0n) is 13.7. The van der Waals surface area contributed by atoms with Crippen LogP contribution in [-0.4, -0.2) is 29.1 Å². The Morgan fingerprint density at radius 1 is 1.29 bits per heavy atom. The Morgan fingerprint density at radius 2 is 2.08 bits per heavy atom. The van der Waals surface area contributed by atoms with Crippen LogP contribution >= 0.6 is 0 Å². The molecule has 0 unspecified atom stereocenters. The summed E-state index contributed by atoms with van der Waals surface area (Å²) in [5.41, 5.74) is 2.28. The zero-order valence-corrected chi connectivity index (χ0v) is 13.7. The van der Waals surface area contributed by atoms with Crippen molar-refractivity contribution in [3.63, 3.8) is 0 Å². The van der Waals surface area contributed by atoms with Gasteiger partial charge in [-0.25, -0.2) is 0 Å². The van der Waals surface area contributed by atoms with E-state index in [2.05, 4.69) is 0 Å². The molecule has 0 saturated carbocycles. The fourth-order valence-electron chi connectivity index (χ4n) is 3.11. The molecule has 2 aromatic rings. The molecular weight excluding hydrogens is 310 g/mol. The molecule has 0 fully saturated rings. The molecule has 0 bridgehead atoms. The second-order valence-electron chi connectivity index (χ2n) is 5.82. The van der Waals surface area contributed by atoms with Gasteiger partial charge in [0.05, 0.1) is 17.7 Å². The van der Waals surface area contributed by atoms with Crippen LogP contribution in [0.4, 0.5) is 11.4 Å². The quantitative estimate of drug-likeness (QED) is 0.641. The third kappa shape index (κ3) is 2.73. The number of benzene rings is 1. The zero-order chi connectivity index (χ0) is 17.3. The predicted octanol–water partition coefficient (Wildman–Crippen LogP) is 2.93. The van der Waals surface area contributed by atoms with Gasteiger partial charge in [0.2, 0.25) is 0 Å². The van der Waals surface area contributed by atoms with E-state index >= 15 is 0 Å². The van der Waals surface area contributed by atoms with Gasteiger partial charge >= 0.3 is 5.69 Å². The largest absolute Gasteiger partial charge is 0.490 e. The summed E-state index contributed by atoms with van der Waals surface area (Å²) in [7, 11) is 3.33. The van der Waals surface area contributed by atoms with Gasteiger partial charge in [-0.3, -0.25) is 14.9 Å². The number of carbonyl (C=O) groups excluding carboxylic acids is 1. The summed E-state index contributed by atoms with van der Waals surface area (Å²) in [5, 5.41) is 11.0. The maximum atomic E-state index is 13.0. The van der Waals surface area contributed by atoms with Crippen molar-refractivity contribution >= 4 is 17.3 Å². The lowest BCUT2D eigenvalue weighted by atomic mass is 10.1. The molecule has 126 valence electrons. The first-order chi connectivity index (χ1) is 11.5. The Morgan fingerprint density at radius 3 is 2.79 bits per heavy atom. The van der Waals surface area contributed by atoms with E-state index in [-0.39, 0.29) is 17.3 Å². The van der Waals surface area contributed by atoms with Crippen molar-refractivity contribution in [2.24, 2.45) is 7.05 Å². The summed E-state index contributed by atoms with van der Waals surface area (Å²) in [6.45, 7) is 0.634. The average molecular weight is 329 g/mol. The highest BCUT2D eigenvalue weighted by Gasteiger charge is 2.26. The molecule has 1 aliphatic rings. The van der Waals surface area contributed by atoms with Gasteiger partial charge in [0.15, 0.2) is 5.75 Å². The molecule has 3 rings (SSSR count). The van der Waals surface area contributed by atoms with E-state index in [1.807, 2.05) is 23.9 Å². The van der Waals surface area contributed by atoms with Crippen molar-refractivity contribution in [3.8, 4) is 5.75 Å². The minimum atomic E-state index is -0.520. The topological polar surface area (TPSA) is 77.6 Å². The van der Waals surface area contributed by atoms with Crippen LogP contribution in [0.3, 0.4) is 0 Å². The van der Waals surface area contributed by atoms with E-state index in [0.29, 0.717) is 12.1 Å². The van der Waals surface area contributed by atoms with E-state index in [1.165, 1.54) is 25.3 Å². The molecule has 1 amide bonds. The van der Waals surface area contributed by atoms with E-state index in [4.69, 9.17) is 4.74 Å². The predicted molar refractivity (Wildman–Crippen MR) is 89.7 cm³/mol. The molecule has 0 atom stereocenters. The second kappa shape index (κ2) is 6.35. The third-order valence-electron chi connectivity index (χ3n) is 4.38. The molecule has 0 N–H and O–H groups in total. The molecule has 2 heterocycles. The standard InChI is InChI=1S/C17H19N3O4/c1-18-10-8-14-13(18)5-3-4-9-19(14)17(21)12-6-7-15(20(22)23)16(11-12)24-2/h6-8,10-11H,3-5,9H2,1-2H3. The molecule has 24 heavy (non-hydrogen) atoms. The van der Waals surface area contributed by atoms with Gasteiger partial charge in [0, 0.05) is 43.2 Å². The van der Waals surface area contributed by atoms with Crippen molar-refractivity contribution < 1.29 is 14.5 Å². The van der Waals surface area contributed by atoms with Crippen LogP contribution in [0, 0.1) is 10.1 Å². The summed E-state index contributed by atoms with van der Waals surface area (Å²) in [5.74, 6) is -0.0773. The molecule has 0 saturated heterocycles. The number of nitrogens with zero attached hydrogens (tertiary/aromatic N) is 3. The van der Waals surface area contributed by atoms with Crippen LogP contribution in [0.15, 0.2) is 30.5 Å². The molecule has 0 radical (unpaired) electrons. The third-order valence-corrected chi connectivity index (χ3v) is 4.38. The van der Waals surface area contributed by atoms with Gasteiger partial charge in [-0.1, -0.05) is 0 Å². The summed E-state index contributed by atoms with van der Waals surface area (Å²) in [4.78, 5) is 25.2. The maximum Gasteiger partial charge on any atom is 0.310 e. The molecule has 7 heteroatoms. The first-order valence-electron chi connectivity index (χ1n) is 7.81. The number of fused-ring (bicyclic) bond motifs is 1. The minimum Gasteiger partial charge on any atom is -0.490 e. The van der Waals surface area contributed by atoms with E-state index < -0.39 is 4.92 Å². The number of nitro groups is 1. The Balaban J connectivity index is 1.98. The van der Waals surface area contributed by atoms with Crippen LogP contribution in [0.5, 0.6) is 5.75 Å². The molecular formula is C17H19N3O4. The van der Waals surface area contributed by atoms with Crippen LogP contribution in [0.2, 0.25) is 0 Å². The Hall–Kier alpha value is -2.83. The van der Waals surface area contributed by atoms with Gasteiger partial charge in [0.1, 0.15) is 0 Å². The fraction of sp³-hybridized carbons (Fsp3) is 0.353. The molecule has 0 spiro atoms. The monoisotopic (exact) mass is 329 g/mol. The normalized spacial score (nSPS) is 14.0.